The van der Waals surface area contributed by atoms with Gasteiger partial charge in [-0.1, -0.05) is 6.92 Å². The summed E-state index contributed by atoms with van der Waals surface area (Å²) in [7, 11) is 0. The van der Waals surface area contributed by atoms with Gasteiger partial charge in [0.05, 0.1) is 0 Å². The zero-order chi connectivity index (χ0) is 8.97. The van der Waals surface area contributed by atoms with E-state index in [2.05, 4.69) is 16.9 Å². The molecule has 3 heteroatoms. The van der Waals surface area contributed by atoms with Gasteiger partial charge in [0.15, 0.2) is 0 Å². The molecule has 0 saturated heterocycles. The summed E-state index contributed by atoms with van der Waals surface area (Å²) in [6.45, 7) is 4.13. The third-order valence-electron chi connectivity index (χ3n) is 2.06. The molecule has 0 aromatic carbocycles. The number of aromatic nitrogens is 2. The lowest BCUT2D eigenvalue weighted by atomic mass is 9.95. The molecule has 3 nitrogen and oxygen atoms in total. The Bertz CT molecular complexity index is 220. The van der Waals surface area contributed by atoms with Gasteiger partial charge < -0.3 is 5.73 Å². The molecule has 0 aliphatic rings. The van der Waals surface area contributed by atoms with E-state index in [1.54, 1.807) is 12.5 Å². The standard InChI is InChI=1S/C9H15N3/c1-3-8(7(2)10)9-4-5-11-6-12-9/h4-8H,3,10H2,1-2H3. The molecular formula is C9H15N3. The summed E-state index contributed by atoms with van der Waals surface area (Å²) in [5, 5.41) is 0. The highest BCUT2D eigenvalue weighted by Crippen LogP contribution is 2.18. The van der Waals surface area contributed by atoms with Gasteiger partial charge in [-0.3, -0.25) is 0 Å². The maximum atomic E-state index is 5.82. The minimum atomic E-state index is 0.157. The fourth-order valence-electron chi connectivity index (χ4n) is 1.37. The van der Waals surface area contributed by atoms with Crippen molar-refractivity contribution in [2.75, 3.05) is 0 Å². The highest BCUT2D eigenvalue weighted by atomic mass is 14.8. The Balaban J connectivity index is 2.80. The molecule has 0 bridgehead atoms. The molecule has 0 aliphatic heterocycles. The van der Waals surface area contributed by atoms with Crippen LogP contribution in [0.25, 0.3) is 0 Å². The minimum Gasteiger partial charge on any atom is -0.327 e. The predicted molar refractivity (Wildman–Crippen MR) is 48.7 cm³/mol. The summed E-state index contributed by atoms with van der Waals surface area (Å²) in [5.41, 5.74) is 6.86. The van der Waals surface area contributed by atoms with Crippen LogP contribution in [0.15, 0.2) is 18.6 Å². The quantitative estimate of drug-likeness (QED) is 0.734. The van der Waals surface area contributed by atoms with Crippen LogP contribution in [0.4, 0.5) is 0 Å². The monoisotopic (exact) mass is 165 g/mol. The van der Waals surface area contributed by atoms with E-state index in [9.17, 15) is 0 Å². The van der Waals surface area contributed by atoms with Crippen LogP contribution < -0.4 is 5.73 Å². The fourth-order valence-corrected chi connectivity index (χ4v) is 1.37. The van der Waals surface area contributed by atoms with Crippen LogP contribution in [0.2, 0.25) is 0 Å². The van der Waals surface area contributed by atoms with Crippen molar-refractivity contribution in [3.05, 3.63) is 24.3 Å². The Kier molecular flexibility index (Phi) is 3.17. The van der Waals surface area contributed by atoms with Crippen LogP contribution in [-0.4, -0.2) is 16.0 Å². The van der Waals surface area contributed by atoms with Gasteiger partial charge in [0.2, 0.25) is 0 Å². The Morgan fingerprint density at radius 2 is 2.33 bits per heavy atom. The number of nitrogens with zero attached hydrogens (tertiary/aromatic N) is 2. The molecule has 12 heavy (non-hydrogen) atoms. The molecule has 2 unspecified atom stereocenters. The highest BCUT2D eigenvalue weighted by molar-refractivity contribution is 5.07. The molecule has 0 aliphatic carbocycles. The summed E-state index contributed by atoms with van der Waals surface area (Å²) in [5.74, 6) is 0.355. The van der Waals surface area contributed by atoms with E-state index in [0.29, 0.717) is 5.92 Å². The summed E-state index contributed by atoms with van der Waals surface area (Å²) in [4.78, 5) is 8.05. The van der Waals surface area contributed by atoms with Gasteiger partial charge in [-0.15, -0.1) is 0 Å². The molecule has 1 rings (SSSR count). The summed E-state index contributed by atoms with van der Waals surface area (Å²) < 4.78 is 0. The van der Waals surface area contributed by atoms with Crippen molar-refractivity contribution in [1.29, 1.82) is 0 Å². The van der Waals surface area contributed by atoms with Gasteiger partial charge in [0, 0.05) is 23.9 Å². The van der Waals surface area contributed by atoms with E-state index in [0.717, 1.165) is 12.1 Å². The van der Waals surface area contributed by atoms with E-state index in [-0.39, 0.29) is 6.04 Å². The molecule has 1 aromatic heterocycles. The fraction of sp³-hybridized carbons (Fsp3) is 0.556. The van der Waals surface area contributed by atoms with Crippen molar-refractivity contribution in [3.63, 3.8) is 0 Å². The maximum absolute atomic E-state index is 5.82. The molecule has 0 radical (unpaired) electrons. The van der Waals surface area contributed by atoms with Crippen molar-refractivity contribution in [3.8, 4) is 0 Å². The van der Waals surface area contributed by atoms with Crippen LogP contribution in [0.1, 0.15) is 31.9 Å². The normalized spacial score (nSPS) is 15.6. The van der Waals surface area contributed by atoms with E-state index in [1.807, 2.05) is 13.0 Å². The smallest absolute Gasteiger partial charge is 0.115 e. The van der Waals surface area contributed by atoms with E-state index < -0.39 is 0 Å². The average molecular weight is 165 g/mol. The first-order valence-corrected chi connectivity index (χ1v) is 4.27. The van der Waals surface area contributed by atoms with Crippen LogP contribution in [-0.2, 0) is 0 Å². The molecule has 0 fully saturated rings. The van der Waals surface area contributed by atoms with Gasteiger partial charge in [0.25, 0.3) is 0 Å². The Morgan fingerprint density at radius 1 is 1.58 bits per heavy atom. The third kappa shape index (κ3) is 2.01. The van der Waals surface area contributed by atoms with Crippen molar-refractivity contribution >= 4 is 0 Å². The molecule has 0 saturated carbocycles. The Morgan fingerprint density at radius 3 is 2.75 bits per heavy atom. The molecule has 2 N–H and O–H groups in total. The lowest BCUT2D eigenvalue weighted by Gasteiger charge is -2.17. The van der Waals surface area contributed by atoms with Gasteiger partial charge in [-0.25, -0.2) is 9.97 Å². The summed E-state index contributed by atoms with van der Waals surface area (Å²) in [6, 6.07) is 2.09. The van der Waals surface area contributed by atoms with Crippen molar-refractivity contribution in [1.82, 2.24) is 9.97 Å². The van der Waals surface area contributed by atoms with Crippen LogP contribution >= 0.6 is 0 Å². The molecule has 1 aromatic rings. The minimum absolute atomic E-state index is 0.157. The largest absolute Gasteiger partial charge is 0.327 e. The van der Waals surface area contributed by atoms with Crippen LogP contribution in [0.5, 0.6) is 0 Å². The van der Waals surface area contributed by atoms with E-state index >= 15 is 0 Å². The average Bonchev–Trinajstić information content (AvgIpc) is 2.07. The van der Waals surface area contributed by atoms with Crippen LogP contribution in [0, 0.1) is 0 Å². The predicted octanol–water partition coefficient (Wildman–Crippen LogP) is 1.32. The SMILES string of the molecule is CCC(c1ccncn1)C(C)N. The first-order valence-electron chi connectivity index (χ1n) is 4.27. The van der Waals surface area contributed by atoms with Gasteiger partial charge in [-0.2, -0.15) is 0 Å². The molecule has 1 heterocycles. The first-order chi connectivity index (χ1) is 5.75. The van der Waals surface area contributed by atoms with Crippen molar-refractivity contribution in [2.45, 2.75) is 32.2 Å². The second-order valence-corrected chi connectivity index (χ2v) is 3.01. The van der Waals surface area contributed by atoms with E-state index in [4.69, 9.17) is 5.73 Å². The first kappa shape index (κ1) is 9.13. The zero-order valence-electron chi connectivity index (χ0n) is 7.57. The van der Waals surface area contributed by atoms with E-state index in [1.165, 1.54) is 0 Å². The summed E-state index contributed by atoms with van der Waals surface area (Å²) in [6.07, 6.45) is 4.35. The molecule has 66 valence electrons. The number of rotatable bonds is 3. The second kappa shape index (κ2) is 4.16. The topological polar surface area (TPSA) is 51.8 Å². The summed E-state index contributed by atoms with van der Waals surface area (Å²) >= 11 is 0. The number of nitrogens with two attached hydrogens (primary N) is 1. The molecule has 0 amide bonds. The number of hydrogen-bond donors (Lipinski definition) is 1. The van der Waals surface area contributed by atoms with Crippen molar-refractivity contribution < 1.29 is 0 Å². The van der Waals surface area contributed by atoms with Crippen LogP contribution in [0.3, 0.4) is 0 Å². The Labute approximate surface area is 73.0 Å². The Hall–Kier alpha value is -0.960. The molecular weight excluding hydrogens is 150 g/mol. The molecule has 2 atom stereocenters. The lowest BCUT2D eigenvalue weighted by molar-refractivity contribution is 0.539. The van der Waals surface area contributed by atoms with Gasteiger partial charge >= 0.3 is 0 Å². The third-order valence-corrected chi connectivity index (χ3v) is 2.06. The van der Waals surface area contributed by atoms with Gasteiger partial charge in [0.1, 0.15) is 6.33 Å². The van der Waals surface area contributed by atoms with Gasteiger partial charge in [-0.05, 0) is 19.4 Å². The highest BCUT2D eigenvalue weighted by Gasteiger charge is 2.14. The lowest BCUT2D eigenvalue weighted by Crippen LogP contribution is -2.24. The zero-order valence-corrected chi connectivity index (χ0v) is 7.57. The molecule has 0 spiro atoms. The maximum Gasteiger partial charge on any atom is 0.115 e. The second-order valence-electron chi connectivity index (χ2n) is 3.01. The van der Waals surface area contributed by atoms with Crippen molar-refractivity contribution in [2.24, 2.45) is 5.73 Å². The number of hydrogen-bond acceptors (Lipinski definition) is 3.